The molecule has 2 heterocycles. The standard InChI is InChI=1S/C21H16N6/c22-16-10-4-1-7-13(16)19-23-17-11-5-2-8-14(17)20(24-19)25-21-15-9-3-6-12-18(15)26-27-21/h1-12H,22H2,(H2,23,24,25,26,27). The molecular weight excluding hydrogens is 336 g/mol. The van der Waals surface area contributed by atoms with Gasteiger partial charge in [-0.3, -0.25) is 5.10 Å². The minimum atomic E-state index is 0.578. The van der Waals surface area contributed by atoms with E-state index in [2.05, 4.69) is 15.5 Å². The van der Waals surface area contributed by atoms with Gasteiger partial charge in [0.2, 0.25) is 0 Å². The quantitative estimate of drug-likeness (QED) is 0.416. The van der Waals surface area contributed by atoms with Gasteiger partial charge < -0.3 is 11.1 Å². The fraction of sp³-hybridized carbons (Fsp3) is 0. The van der Waals surface area contributed by atoms with Crippen molar-refractivity contribution in [3.8, 4) is 11.4 Å². The van der Waals surface area contributed by atoms with E-state index in [4.69, 9.17) is 15.7 Å². The van der Waals surface area contributed by atoms with Crippen LogP contribution in [0.15, 0.2) is 72.8 Å². The van der Waals surface area contributed by atoms with E-state index in [-0.39, 0.29) is 0 Å². The van der Waals surface area contributed by atoms with Gasteiger partial charge in [-0.05, 0) is 36.4 Å². The monoisotopic (exact) mass is 352 g/mol. The number of anilines is 3. The molecule has 0 atom stereocenters. The summed E-state index contributed by atoms with van der Waals surface area (Å²) in [6.07, 6.45) is 0. The molecule has 5 aromatic rings. The normalized spacial score (nSPS) is 11.1. The zero-order valence-electron chi connectivity index (χ0n) is 14.3. The van der Waals surface area contributed by atoms with E-state index < -0.39 is 0 Å². The third-order valence-electron chi connectivity index (χ3n) is 4.51. The van der Waals surface area contributed by atoms with Gasteiger partial charge in [0.1, 0.15) is 5.82 Å². The second-order valence-electron chi connectivity index (χ2n) is 6.24. The molecule has 27 heavy (non-hydrogen) atoms. The highest BCUT2D eigenvalue weighted by Gasteiger charge is 2.13. The first-order valence-electron chi connectivity index (χ1n) is 8.61. The van der Waals surface area contributed by atoms with Crippen LogP contribution >= 0.6 is 0 Å². The van der Waals surface area contributed by atoms with Crippen molar-refractivity contribution in [3.63, 3.8) is 0 Å². The van der Waals surface area contributed by atoms with Gasteiger partial charge in [-0.1, -0.05) is 36.4 Å². The average molecular weight is 352 g/mol. The van der Waals surface area contributed by atoms with Crippen molar-refractivity contribution in [1.82, 2.24) is 20.2 Å². The number of nitrogens with one attached hydrogen (secondary N) is 2. The molecule has 6 nitrogen and oxygen atoms in total. The molecule has 0 fully saturated rings. The molecule has 0 radical (unpaired) electrons. The summed E-state index contributed by atoms with van der Waals surface area (Å²) in [6, 6.07) is 23.4. The third kappa shape index (κ3) is 2.64. The molecule has 2 aromatic heterocycles. The number of para-hydroxylation sites is 3. The summed E-state index contributed by atoms with van der Waals surface area (Å²) in [7, 11) is 0. The Morgan fingerprint density at radius 2 is 1.48 bits per heavy atom. The first-order chi connectivity index (χ1) is 13.3. The highest BCUT2D eigenvalue weighted by Crippen LogP contribution is 2.30. The number of nitrogens with two attached hydrogens (primary N) is 1. The largest absolute Gasteiger partial charge is 0.398 e. The Morgan fingerprint density at radius 3 is 2.37 bits per heavy atom. The van der Waals surface area contributed by atoms with E-state index in [9.17, 15) is 0 Å². The summed E-state index contributed by atoms with van der Waals surface area (Å²) in [5.74, 6) is 1.99. The Bertz CT molecular complexity index is 1270. The molecule has 0 unspecified atom stereocenters. The van der Waals surface area contributed by atoms with Gasteiger partial charge in [0, 0.05) is 22.0 Å². The fourth-order valence-corrected chi connectivity index (χ4v) is 3.16. The van der Waals surface area contributed by atoms with E-state index >= 15 is 0 Å². The number of hydrogen-bond donors (Lipinski definition) is 3. The van der Waals surface area contributed by atoms with Gasteiger partial charge in [0.15, 0.2) is 11.6 Å². The molecule has 0 spiro atoms. The first-order valence-corrected chi connectivity index (χ1v) is 8.61. The molecule has 0 amide bonds. The summed E-state index contributed by atoms with van der Waals surface area (Å²) >= 11 is 0. The lowest BCUT2D eigenvalue weighted by Gasteiger charge is -2.11. The Hall–Kier alpha value is -3.93. The Kier molecular flexibility index (Phi) is 3.47. The minimum absolute atomic E-state index is 0.578. The molecular formula is C21H16N6. The molecule has 130 valence electrons. The van der Waals surface area contributed by atoms with Crippen LogP contribution in [-0.4, -0.2) is 20.2 Å². The third-order valence-corrected chi connectivity index (χ3v) is 4.51. The van der Waals surface area contributed by atoms with Crippen LogP contribution in [0.3, 0.4) is 0 Å². The van der Waals surface area contributed by atoms with Gasteiger partial charge in [-0.15, -0.1) is 0 Å². The van der Waals surface area contributed by atoms with E-state index in [0.29, 0.717) is 17.3 Å². The first kappa shape index (κ1) is 15.3. The summed E-state index contributed by atoms with van der Waals surface area (Å²) < 4.78 is 0. The lowest BCUT2D eigenvalue weighted by Crippen LogP contribution is -2.01. The molecule has 5 rings (SSSR count). The van der Waals surface area contributed by atoms with Gasteiger partial charge in [-0.25, -0.2) is 9.97 Å². The molecule has 6 heteroatoms. The lowest BCUT2D eigenvalue weighted by atomic mass is 10.1. The molecule has 0 aliphatic heterocycles. The van der Waals surface area contributed by atoms with Crippen LogP contribution in [0, 0.1) is 0 Å². The van der Waals surface area contributed by atoms with Crippen molar-refractivity contribution >= 4 is 39.1 Å². The van der Waals surface area contributed by atoms with Crippen molar-refractivity contribution in [2.24, 2.45) is 0 Å². The minimum Gasteiger partial charge on any atom is -0.398 e. The number of aromatic nitrogens is 4. The second-order valence-corrected chi connectivity index (χ2v) is 6.24. The number of fused-ring (bicyclic) bond motifs is 2. The SMILES string of the molecule is Nc1ccccc1-c1nc(Nc2n[nH]c3ccccc23)c2ccccc2n1. The van der Waals surface area contributed by atoms with E-state index in [1.54, 1.807) is 0 Å². The maximum absolute atomic E-state index is 6.14. The number of benzene rings is 3. The molecule has 0 aliphatic rings. The van der Waals surface area contributed by atoms with Crippen molar-refractivity contribution in [2.45, 2.75) is 0 Å². The van der Waals surface area contributed by atoms with Crippen molar-refractivity contribution < 1.29 is 0 Å². The van der Waals surface area contributed by atoms with Crippen molar-refractivity contribution in [1.29, 1.82) is 0 Å². The second kappa shape index (κ2) is 6.10. The topological polar surface area (TPSA) is 92.5 Å². The predicted octanol–water partition coefficient (Wildman–Crippen LogP) is 4.50. The highest BCUT2D eigenvalue weighted by atomic mass is 15.2. The Morgan fingerprint density at radius 1 is 0.741 bits per heavy atom. The number of hydrogen-bond acceptors (Lipinski definition) is 5. The van der Waals surface area contributed by atoms with Gasteiger partial charge in [0.25, 0.3) is 0 Å². The van der Waals surface area contributed by atoms with Crippen LogP contribution in [-0.2, 0) is 0 Å². The van der Waals surface area contributed by atoms with Crippen molar-refractivity contribution in [2.75, 3.05) is 11.1 Å². The number of aromatic amines is 1. The summed E-state index contributed by atoms with van der Waals surface area (Å²) in [6.45, 7) is 0. The lowest BCUT2D eigenvalue weighted by molar-refractivity contribution is 1.11. The smallest absolute Gasteiger partial charge is 0.164 e. The Labute approximate surface area is 155 Å². The van der Waals surface area contributed by atoms with Crippen LogP contribution in [0.4, 0.5) is 17.3 Å². The zero-order chi connectivity index (χ0) is 18.2. The van der Waals surface area contributed by atoms with E-state index in [1.165, 1.54) is 0 Å². The molecule has 0 bridgehead atoms. The maximum atomic E-state index is 6.14. The molecule has 3 aromatic carbocycles. The Balaban J connectivity index is 1.70. The zero-order valence-corrected chi connectivity index (χ0v) is 14.3. The molecule has 0 saturated carbocycles. The molecule has 0 saturated heterocycles. The number of nitrogens with zero attached hydrogens (tertiary/aromatic N) is 3. The maximum Gasteiger partial charge on any atom is 0.164 e. The predicted molar refractivity (Wildman–Crippen MR) is 109 cm³/mol. The van der Waals surface area contributed by atoms with Crippen LogP contribution in [0.1, 0.15) is 0 Å². The highest BCUT2D eigenvalue weighted by molar-refractivity contribution is 5.97. The van der Waals surface area contributed by atoms with Crippen LogP contribution in [0.2, 0.25) is 0 Å². The fourth-order valence-electron chi connectivity index (χ4n) is 3.16. The van der Waals surface area contributed by atoms with Crippen LogP contribution in [0.5, 0.6) is 0 Å². The van der Waals surface area contributed by atoms with E-state index in [1.807, 2.05) is 72.8 Å². The van der Waals surface area contributed by atoms with Crippen LogP contribution < -0.4 is 11.1 Å². The summed E-state index contributed by atoms with van der Waals surface area (Å²) in [4.78, 5) is 9.46. The van der Waals surface area contributed by atoms with E-state index in [0.717, 1.165) is 33.2 Å². The van der Waals surface area contributed by atoms with Crippen molar-refractivity contribution in [3.05, 3.63) is 72.8 Å². The van der Waals surface area contributed by atoms with Gasteiger partial charge >= 0.3 is 0 Å². The molecule has 0 aliphatic carbocycles. The summed E-state index contributed by atoms with van der Waals surface area (Å²) in [5.41, 5.74) is 9.39. The molecule has 4 N–H and O–H groups in total. The van der Waals surface area contributed by atoms with Crippen LogP contribution in [0.25, 0.3) is 33.2 Å². The number of rotatable bonds is 3. The number of H-pyrrole nitrogens is 1. The summed E-state index contributed by atoms with van der Waals surface area (Å²) in [5, 5.41) is 12.7. The average Bonchev–Trinajstić information content (AvgIpc) is 3.11. The number of nitrogen functional groups attached to an aromatic ring is 1. The van der Waals surface area contributed by atoms with Gasteiger partial charge in [-0.2, -0.15) is 5.10 Å². The van der Waals surface area contributed by atoms with Gasteiger partial charge in [0.05, 0.1) is 11.0 Å².